The molecule has 15 heavy (non-hydrogen) atoms. The summed E-state index contributed by atoms with van der Waals surface area (Å²) in [6, 6.07) is 0.765. The van der Waals surface area contributed by atoms with E-state index < -0.39 is 0 Å². The van der Waals surface area contributed by atoms with E-state index in [1.807, 2.05) is 0 Å². The van der Waals surface area contributed by atoms with Crippen molar-refractivity contribution in [1.29, 1.82) is 0 Å². The quantitative estimate of drug-likeness (QED) is 0.704. The van der Waals surface area contributed by atoms with Gasteiger partial charge in [0.25, 0.3) is 0 Å². The lowest BCUT2D eigenvalue weighted by Gasteiger charge is -2.28. The van der Waals surface area contributed by atoms with E-state index in [0.29, 0.717) is 0 Å². The SMILES string of the molecule is CCCNC(C(C)C)C1CCC(CC)C1. The topological polar surface area (TPSA) is 12.0 Å². The lowest BCUT2D eigenvalue weighted by Crippen LogP contribution is -2.40. The molecule has 3 unspecified atom stereocenters. The Kier molecular flexibility index (Phi) is 5.66. The Bertz CT molecular complexity index is 165. The molecule has 0 saturated heterocycles. The van der Waals surface area contributed by atoms with Crippen molar-refractivity contribution in [2.75, 3.05) is 6.54 Å². The van der Waals surface area contributed by atoms with Gasteiger partial charge in [-0.1, -0.05) is 40.5 Å². The normalized spacial score (nSPS) is 28.6. The first-order valence-electron chi connectivity index (χ1n) is 6.92. The molecule has 90 valence electrons. The van der Waals surface area contributed by atoms with E-state index in [-0.39, 0.29) is 0 Å². The molecule has 1 saturated carbocycles. The molecule has 0 aromatic heterocycles. The Morgan fingerprint density at radius 3 is 2.40 bits per heavy atom. The highest BCUT2D eigenvalue weighted by Gasteiger charge is 2.30. The Morgan fingerprint density at radius 1 is 1.20 bits per heavy atom. The second-order valence-electron chi connectivity index (χ2n) is 5.57. The summed E-state index contributed by atoms with van der Waals surface area (Å²) in [6.45, 7) is 10.5. The molecule has 1 fully saturated rings. The highest BCUT2D eigenvalue weighted by molar-refractivity contribution is 4.85. The average Bonchev–Trinajstić information content (AvgIpc) is 2.66. The maximum Gasteiger partial charge on any atom is 0.0118 e. The first-order valence-corrected chi connectivity index (χ1v) is 6.92. The maximum atomic E-state index is 3.76. The highest BCUT2D eigenvalue weighted by atomic mass is 14.9. The van der Waals surface area contributed by atoms with Crippen LogP contribution < -0.4 is 5.32 Å². The fourth-order valence-corrected chi connectivity index (χ4v) is 3.07. The van der Waals surface area contributed by atoms with E-state index in [4.69, 9.17) is 0 Å². The molecule has 1 heteroatoms. The van der Waals surface area contributed by atoms with E-state index in [1.54, 1.807) is 0 Å². The van der Waals surface area contributed by atoms with Crippen LogP contribution in [0.25, 0.3) is 0 Å². The minimum atomic E-state index is 0.765. The predicted molar refractivity (Wildman–Crippen MR) is 68.0 cm³/mol. The lowest BCUT2D eigenvalue weighted by atomic mass is 9.88. The van der Waals surface area contributed by atoms with Crippen LogP contribution in [0, 0.1) is 17.8 Å². The van der Waals surface area contributed by atoms with Crippen LogP contribution in [0.4, 0.5) is 0 Å². The fraction of sp³-hybridized carbons (Fsp3) is 1.00. The van der Waals surface area contributed by atoms with Gasteiger partial charge in [0.15, 0.2) is 0 Å². The number of hydrogen-bond donors (Lipinski definition) is 1. The zero-order valence-corrected chi connectivity index (χ0v) is 11.1. The van der Waals surface area contributed by atoms with E-state index >= 15 is 0 Å². The van der Waals surface area contributed by atoms with Crippen molar-refractivity contribution in [2.45, 2.75) is 65.8 Å². The molecule has 0 aliphatic heterocycles. The average molecular weight is 211 g/mol. The zero-order valence-electron chi connectivity index (χ0n) is 11.1. The summed E-state index contributed by atoms with van der Waals surface area (Å²) < 4.78 is 0. The van der Waals surface area contributed by atoms with E-state index in [0.717, 1.165) is 23.8 Å². The van der Waals surface area contributed by atoms with Crippen LogP contribution in [0.1, 0.15) is 59.8 Å². The van der Waals surface area contributed by atoms with Crippen LogP contribution in [-0.2, 0) is 0 Å². The van der Waals surface area contributed by atoms with Crippen LogP contribution in [0.3, 0.4) is 0 Å². The molecule has 1 nitrogen and oxygen atoms in total. The second-order valence-corrected chi connectivity index (χ2v) is 5.57. The smallest absolute Gasteiger partial charge is 0.0118 e. The first kappa shape index (κ1) is 13.0. The lowest BCUT2D eigenvalue weighted by molar-refractivity contribution is 0.279. The summed E-state index contributed by atoms with van der Waals surface area (Å²) in [5.41, 5.74) is 0. The molecule has 1 rings (SSSR count). The Hall–Kier alpha value is -0.0400. The first-order chi connectivity index (χ1) is 7.19. The van der Waals surface area contributed by atoms with Crippen LogP contribution >= 0.6 is 0 Å². The van der Waals surface area contributed by atoms with Gasteiger partial charge in [-0.05, 0) is 43.6 Å². The molecule has 3 atom stereocenters. The van der Waals surface area contributed by atoms with E-state index in [1.165, 1.54) is 38.6 Å². The van der Waals surface area contributed by atoms with Gasteiger partial charge < -0.3 is 5.32 Å². The third-order valence-electron chi connectivity index (χ3n) is 4.02. The number of hydrogen-bond acceptors (Lipinski definition) is 1. The monoisotopic (exact) mass is 211 g/mol. The molecule has 1 aliphatic rings. The van der Waals surface area contributed by atoms with Crippen molar-refractivity contribution in [3.05, 3.63) is 0 Å². The third-order valence-corrected chi connectivity index (χ3v) is 4.02. The molecule has 0 aromatic carbocycles. The van der Waals surface area contributed by atoms with Gasteiger partial charge in [0, 0.05) is 6.04 Å². The van der Waals surface area contributed by atoms with Gasteiger partial charge in [-0.15, -0.1) is 0 Å². The summed E-state index contributed by atoms with van der Waals surface area (Å²) in [5.74, 6) is 2.75. The van der Waals surface area contributed by atoms with Crippen LogP contribution in [0.5, 0.6) is 0 Å². The van der Waals surface area contributed by atoms with Crippen molar-refractivity contribution in [3.8, 4) is 0 Å². The summed E-state index contributed by atoms with van der Waals surface area (Å²) >= 11 is 0. The molecular formula is C14H29N. The van der Waals surface area contributed by atoms with Gasteiger partial charge >= 0.3 is 0 Å². The summed E-state index contributed by atoms with van der Waals surface area (Å²) in [6.07, 6.45) is 7.04. The standard InChI is InChI=1S/C14H29N/c1-5-9-15-14(11(3)4)13-8-7-12(6-2)10-13/h11-15H,5-10H2,1-4H3. The second kappa shape index (κ2) is 6.52. The Labute approximate surface area is 96.0 Å². The zero-order chi connectivity index (χ0) is 11.3. The maximum absolute atomic E-state index is 3.76. The molecule has 1 aliphatic carbocycles. The largest absolute Gasteiger partial charge is 0.313 e. The summed E-state index contributed by atoms with van der Waals surface area (Å²) in [5, 5.41) is 3.76. The van der Waals surface area contributed by atoms with Gasteiger partial charge in [0.2, 0.25) is 0 Å². The van der Waals surface area contributed by atoms with Crippen molar-refractivity contribution in [1.82, 2.24) is 5.32 Å². The summed E-state index contributed by atoms with van der Waals surface area (Å²) in [7, 11) is 0. The van der Waals surface area contributed by atoms with Gasteiger partial charge in [0.05, 0.1) is 0 Å². The highest BCUT2D eigenvalue weighted by Crippen LogP contribution is 2.36. The molecule has 0 aromatic rings. The van der Waals surface area contributed by atoms with E-state index in [9.17, 15) is 0 Å². The van der Waals surface area contributed by atoms with Gasteiger partial charge in [-0.2, -0.15) is 0 Å². The van der Waals surface area contributed by atoms with Gasteiger partial charge in [-0.25, -0.2) is 0 Å². The van der Waals surface area contributed by atoms with Gasteiger partial charge in [0.1, 0.15) is 0 Å². The Balaban J connectivity index is 2.42. The molecular weight excluding hydrogens is 182 g/mol. The van der Waals surface area contributed by atoms with Crippen LogP contribution in [0.2, 0.25) is 0 Å². The molecule has 0 heterocycles. The minimum absolute atomic E-state index is 0.765. The van der Waals surface area contributed by atoms with Crippen molar-refractivity contribution in [3.63, 3.8) is 0 Å². The Morgan fingerprint density at radius 2 is 1.93 bits per heavy atom. The summed E-state index contributed by atoms with van der Waals surface area (Å²) in [4.78, 5) is 0. The molecule has 1 N–H and O–H groups in total. The third kappa shape index (κ3) is 3.79. The molecule has 0 radical (unpaired) electrons. The van der Waals surface area contributed by atoms with E-state index in [2.05, 4.69) is 33.0 Å². The minimum Gasteiger partial charge on any atom is -0.313 e. The van der Waals surface area contributed by atoms with Crippen LogP contribution in [-0.4, -0.2) is 12.6 Å². The number of nitrogens with one attached hydrogen (secondary N) is 1. The number of rotatable bonds is 6. The van der Waals surface area contributed by atoms with Crippen molar-refractivity contribution < 1.29 is 0 Å². The molecule has 0 bridgehead atoms. The van der Waals surface area contributed by atoms with Gasteiger partial charge in [-0.3, -0.25) is 0 Å². The molecule has 0 amide bonds. The van der Waals surface area contributed by atoms with Crippen LogP contribution in [0.15, 0.2) is 0 Å². The predicted octanol–water partition coefficient (Wildman–Crippen LogP) is 3.84. The molecule has 0 spiro atoms. The fourth-order valence-electron chi connectivity index (χ4n) is 3.07. The van der Waals surface area contributed by atoms with Crippen molar-refractivity contribution in [2.24, 2.45) is 17.8 Å². The van der Waals surface area contributed by atoms with Crippen molar-refractivity contribution >= 4 is 0 Å².